The van der Waals surface area contributed by atoms with Gasteiger partial charge >= 0.3 is 105 Å². The fourth-order valence-electron chi connectivity index (χ4n) is 1.19. The number of aliphatic hydroxyl groups excluding tert-OH is 1. The summed E-state index contributed by atoms with van der Waals surface area (Å²) < 4.78 is 5.69. The summed E-state index contributed by atoms with van der Waals surface area (Å²) in [6, 6.07) is 0. The molecule has 1 aromatic heterocycles. The van der Waals surface area contributed by atoms with Crippen LogP contribution in [0.3, 0.4) is 0 Å². The average molecular weight is 325 g/mol. The molecule has 3 atom stereocenters. The second-order valence-electron chi connectivity index (χ2n) is 5.46. The molecule has 4 nitrogen and oxygen atoms in total. The molecule has 0 saturated heterocycles. The van der Waals surface area contributed by atoms with Gasteiger partial charge in [-0.3, -0.25) is 0 Å². The Morgan fingerprint density at radius 3 is 2.12 bits per heavy atom. The zero-order chi connectivity index (χ0) is 12.5. The molecule has 0 aliphatic heterocycles. The molecular formula is C11H22AsClN2O2. The van der Waals surface area contributed by atoms with Crippen LogP contribution in [0.15, 0.2) is 4.42 Å². The Balaban J connectivity index is 0.00000256. The zero-order valence-electron chi connectivity index (χ0n) is 11.0. The summed E-state index contributed by atoms with van der Waals surface area (Å²) in [5.74, 6) is 1.32. The summed E-state index contributed by atoms with van der Waals surface area (Å²) in [4.78, 5) is 0. The molecule has 2 unspecified atom stereocenters. The van der Waals surface area contributed by atoms with Crippen LogP contribution in [0, 0.1) is 5.92 Å². The normalized spacial score (nSPS) is 15.5. The number of rotatable bonds is 3. The number of hydrogen-bond donors (Lipinski definition) is 1. The summed E-state index contributed by atoms with van der Waals surface area (Å²) in [5, 5.41) is 18.0. The van der Waals surface area contributed by atoms with Crippen molar-refractivity contribution in [2.45, 2.75) is 50.8 Å². The van der Waals surface area contributed by atoms with Gasteiger partial charge in [-0.1, -0.05) is 0 Å². The molecule has 6 heteroatoms. The molecular weight excluding hydrogens is 303 g/mol. The van der Waals surface area contributed by atoms with Crippen LogP contribution < -0.4 is 0 Å². The van der Waals surface area contributed by atoms with E-state index >= 15 is 0 Å². The summed E-state index contributed by atoms with van der Waals surface area (Å²) in [6.07, 6.45) is -0.649. The van der Waals surface area contributed by atoms with E-state index in [0.29, 0.717) is 17.7 Å². The molecule has 0 saturated carbocycles. The van der Waals surface area contributed by atoms with E-state index in [1.165, 1.54) is 16.9 Å². The molecule has 0 aliphatic carbocycles. The van der Waals surface area contributed by atoms with Gasteiger partial charge in [0.05, 0.1) is 0 Å². The van der Waals surface area contributed by atoms with E-state index in [2.05, 4.69) is 24.0 Å². The Morgan fingerprint density at radius 1 is 1.24 bits per heavy atom. The maximum atomic E-state index is 10.1. The third kappa shape index (κ3) is 4.27. The van der Waals surface area contributed by atoms with Crippen LogP contribution in [0.4, 0.5) is 0 Å². The first-order chi connectivity index (χ1) is 7.23. The summed E-state index contributed by atoms with van der Waals surface area (Å²) in [5.41, 5.74) is -0.169. The van der Waals surface area contributed by atoms with E-state index < -0.39 is 6.10 Å². The number of hydrogen-bond acceptors (Lipinski definition) is 4. The molecule has 1 N–H and O–H groups in total. The first kappa shape index (κ1) is 16.9. The van der Waals surface area contributed by atoms with Crippen LogP contribution >= 0.6 is 12.4 Å². The van der Waals surface area contributed by atoms with E-state index in [9.17, 15) is 5.11 Å². The van der Waals surface area contributed by atoms with Crippen LogP contribution in [0.5, 0.6) is 0 Å². The van der Waals surface area contributed by atoms with Crippen molar-refractivity contribution in [3.63, 3.8) is 0 Å². The van der Waals surface area contributed by atoms with Gasteiger partial charge in [0.2, 0.25) is 0 Å². The van der Waals surface area contributed by atoms with Gasteiger partial charge in [0.25, 0.3) is 0 Å². The molecule has 0 fully saturated rings. The van der Waals surface area contributed by atoms with Gasteiger partial charge in [-0.05, 0) is 0 Å². The van der Waals surface area contributed by atoms with Gasteiger partial charge in [-0.2, -0.15) is 0 Å². The summed E-state index contributed by atoms with van der Waals surface area (Å²) in [7, 11) is 0. The van der Waals surface area contributed by atoms with Gasteiger partial charge in [-0.25, -0.2) is 0 Å². The van der Waals surface area contributed by atoms with Crippen LogP contribution in [-0.2, 0) is 5.41 Å². The SMILES string of the molecule is CC(C)[C@H]([AsH2])C(O)c1nnc(C(C)(C)C)o1.Cl. The van der Waals surface area contributed by atoms with Crippen molar-refractivity contribution in [2.24, 2.45) is 5.92 Å². The van der Waals surface area contributed by atoms with E-state index in [4.69, 9.17) is 4.42 Å². The summed E-state index contributed by atoms with van der Waals surface area (Å²) >= 11 is 1.50. The van der Waals surface area contributed by atoms with Gasteiger partial charge in [-0.15, -0.1) is 12.4 Å². The Morgan fingerprint density at radius 2 is 1.76 bits per heavy atom. The minimum absolute atomic E-state index is 0. The fraction of sp³-hybridized carbons (Fsp3) is 0.818. The molecule has 0 amide bonds. The van der Waals surface area contributed by atoms with Gasteiger partial charge in [0.1, 0.15) is 0 Å². The van der Waals surface area contributed by atoms with Crippen molar-refractivity contribution in [3.05, 3.63) is 11.8 Å². The predicted molar refractivity (Wildman–Crippen MR) is 72.3 cm³/mol. The number of nitrogens with zero attached hydrogens (tertiary/aromatic N) is 2. The van der Waals surface area contributed by atoms with Crippen molar-refractivity contribution < 1.29 is 9.52 Å². The molecule has 1 heterocycles. The van der Waals surface area contributed by atoms with Gasteiger partial charge < -0.3 is 0 Å². The van der Waals surface area contributed by atoms with Crippen molar-refractivity contribution in [2.75, 3.05) is 0 Å². The average Bonchev–Trinajstić information content (AvgIpc) is 2.63. The Bertz CT molecular complexity index is 349. The molecule has 0 bridgehead atoms. The van der Waals surface area contributed by atoms with Crippen molar-refractivity contribution in [3.8, 4) is 0 Å². The van der Waals surface area contributed by atoms with E-state index in [0.717, 1.165) is 0 Å². The number of halogens is 1. The maximum Gasteiger partial charge on any atom is -0.147 e. The van der Waals surface area contributed by atoms with E-state index in [-0.39, 0.29) is 22.5 Å². The van der Waals surface area contributed by atoms with Gasteiger partial charge in [0, 0.05) is 0 Å². The monoisotopic (exact) mass is 324 g/mol. The Kier molecular flexibility index (Phi) is 6.19. The van der Waals surface area contributed by atoms with Crippen LogP contribution in [-0.4, -0.2) is 32.2 Å². The first-order valence-electron chi connectivity index (χ1n) is 5.51. The van der Waals surface area contributed by atoms with E-state index in [1.807, 2.05) is 20.8 Å². The smallest absolute Gasteiger partial charge is 0.147 e. The maximum absolute atomic E-state index is 10.1. The van der Waals surface area contributed by atoms with Crippen molar-refractivity contribution in [1.82, 2.24) is 10.2 Å². The summed E-state index contributed by atoms with van der Waals surface area (Å²) in [6.45, 7) is 10.2. The van der Waals surface area contributed by atoms with E-state index in [1.54, 1.807) is 0 Å². The fourth-order valence-corrected chi connectivity index (χ4v) is 1.53. The largest absolute Gasteiger partial charge is 0.147 e. The Hall–Kier alpha value is -0.0516. The van der Waals surface area contributed by atoms with Crippen LogP contribution in [0.25, 0.3) is 0 Å². The van der Waals surface area contributed by atoms with Crippen molar-refractivity contribution in [1.29, 1.82) is 0 Å². The molecule has 17 heavy (non-hydrogen) atoms. The molecule has 0 aliphatic rings. The van der Waals surface area contributed by atoms with Gasteiger partial charge in [0.15, 0.2) is 0 Å². The van der Waals surface area contributed by atoms with Crippen LogP contribution in [0.1, 0.15) is 52.5 Å². The minimum atomic E-state index is -0.649. The standard InChI is InChI=1S/C11H21AsN2O2.ClH/c1-6(2)7(12)8(15)9-13-14-10(16-9)11(3,4)5;/h6-8,15H,12H2,1-5H3;1H/t7-,8?;/m0./s1. The quantitative estimate of drug-likeness (QED) is 0.863. The minimum Gasteiger partial charge on any atom is -0.147 e. The third-order valence-electron chi connectivity index (χ3n) is 2.47. The molecule has 0 aromatic carbocycles. The number of aliphatic hydroxyl groups is 1. The first-order valence-corrected chi connectivity index (χ1v) is 6.91. The molecule has 0 spiro atoms. The number of aromatic nitrogens is 2. The second-order valence-corrected chi connectivity index (χ2v) is 7.08. The Labute approximate surface area is 117 Å². The third-order valence-corrected chi connectivity index (χ3v) is 4.85. The topological polar surface area (TPSA) is 59.2 Å². The molecule has 1 aromatic rings. The van der Waals surface area contributed by atoms with Crippen LogP contribution in [0.2, 0.25) is 4.71 Å². The molecule has 0 radical (unpaired) electrons. The predicted octanol–water partition coefficient (Wildman–Crippen LogP) is 1.90. The zero-order valence-corrected chi connectivity index (χ0v) is 14.2. The molecule has 1 rings (SSSR count). The van der Waals surface area contributed by atoms with Crippen molar-refractivity contribution >= 4 is 29.3 Å². The second kappa shape index (κ2) is 6.21. The molecule has 100 valence electrons.